The van der Waals surface area contributed by atoms with E-state index in [4.69, 9.17) is 9.47 Å². The SMILES string of the molecule is Oc1ccc2ccc(OC3CCOCC3)cc2c1. The van der Waals surface area contributed by atoms with Crippen LogP contribution in [0.2, 0.25) is 0 Å². The molecule has 1 aliphatic rings. The Morgan fingerprint density at radius 1 is 1.00 bits per heavy atom. The third kappa shape index (κ3) is 2.41. The number of hydrogen-bond acceptors (Lipinski definition) is 3. The van der Waals surface area contributed by atoms with Crippen molar-refractivity contribution in [2.75, 3.05) is 13.2 Å². The fourth-order valence-electron chi connectivity index (χ4n) is 2.27. The molecule has 0 aromatic heterocycles. The van der Waals surface area contributed by atoms with Crippen LogP contribution in [0.1, 0.15) is 12.8 Å². The monoisotopic (exact) mass is 244 g/mol. The van der Waals surface area contributed by atoms with Crippen molar-refractivity contribution in [2.24, 2.45) is 0 Å². The summed E-state index contributed by atoms with van der Waals surface area (Å²) in [5, 5.41) is 11.6. The quantitative estimate of drug-likeness (QED) is 0.882. The molecule has 1 N–H and O–H groups in total. The Labute approximate surface area is 106 Å². The second-order valence-electron chi connectivity index (χ2n) is 4.62. The van der Waals surface area contributed by atoms with Gasteiger partial charge in [0.25, 0.3) is 0 Å². The maximum atomic E-state index is 9.49. The van der Waals surface area contributed by atoms with E-state index in [-0.39, 0.29) is 11.9 Å². The van der Waals surface area contributed by atoms with Crippen LogP contribution in [-0.2, 0) is 4.74 Å². The zero-order valence-corrected chi connectivity index (χ0v) is 10.1. The molecule has 0 amide bonds. The molecule has 0 saturated carbocycles. The van der Waals surface area contributed by atoms with E-state index in [1.165, 1.54) is 0 Å². The van der Waals surface area contributed by atoms with E-state index in [1.807, 2.05) is 24.3 Å². The third-order valence-corrected chi connectivity index (χ3v) is 3.27. The minimum atomic E-state index is 0.244. The van der Waals surface area contributed by atoms with Crippen LogP contribution in [0.5, 0.6) is 11.5 Å². The number of benzene rings is 2. The first kappa shape index (κ1) is 11.4. The van der Waals surface area contributed by atoms with Gasteiger partial charge in [-0.2, -0.15) is 0 Å². The van der Waals surface area contributed by atoms with Crippen molar-refractivity contribution in [3.8, 4) is 11.5 Å². The van der Waals surface area contributed by atoms with E-state index in [9.17, 15) is 5.11 Å². The fourth-order valence-corrected chi connectivity index (χ4v) is 2.27. The summed E-state index contributed by atoms with van der Waals surface area (Å²) in [5.41, 5.74) is 0. The molecule has 0 bridgehead atoms. The van der Waals surface area contributed by atoms with Crippen LogP contribution in [0.3, 0.4) is 0 Å². The first-order valence-electron chi connectivity index (χ1n) is 6.28. The van der Waals surface area contributed by atoms with E-state index in [0.29, 0.717) is 0 Å². The summed E-state index contributed by atoms with van der Waals surface area (Å²) < 4.78 is 11.3. The molecule has 0 aliphatic carbocycles. The topological polar surface area (TPSA) is 38.7 Å². The van der Waals surface area contributed by atoms with Crippen LogP contribution >= 0.6 is 0 Å². The average molecular weight is 244 g/mol. The van der Waals surface area contributed by atoms with Crippen molar-refractivity contribution in [1.82, 2.24) is 0 Å². The van der Waals surface area contributed by atoms with Crippen LogP contribution < -0.4 is 4.74 Å². The van der Waals surface area contributed by atoms with Crippen molar-refractivity contribution in [3.63, 3.8) is 0 Å². The van der Waals surface area contributed by atoms with Crippen LogP contribution in [0.25, 0.3) is 10.8 Å². The minimum Gasteiger partial charge on any atom is -0.508 e. The van der Waals surface area contributed by atoms with E-state index < -0.39 is 0 Å². The van der Waals surface area contributed by atoms with Gasteiger partial charge in [0.1, 0.15) is 17.6 Å². The molecule has 1 saturated heterocycles. The molecular weight excluding hydrogens is 228 g/mol. The van der Waals surface area contributed by atoms with Gasteiger partial charge >= 0.3 is 0 Å². The summed E-state index contributed by atoms with van der Waals surface area (Å²) in [7, 11) is 0. The van der Waals surface area contributed by atoms with Crippen molar-refractivity contribution < 1.29 is 14.6 Å². The van der Waals surface area contributed by atoms with E-state index in [2.05, 4.69) is 0 Å². The molecule has 18 heavy (non-hydrogen) atoms. The van der Waals surface area contributed by atoms with Gasteiger partial charge in [0.05, 0.1) is 13.2 Å². The van der Waals surface area contributed by atoms with Crippen LogP contribution in [0.4, 0.5) is 0 Å². The van der Waals surface area contributed by atoms with Crippen LogP contribution in [-0.4, -0.2) is 24.4 Å². The lowest BCUT2D eigenvalue weighted by Crippen LogP contribution is -2.25. The molecule has 94 valence electrons. The molecule has 0 spiro atoms. The van der Waals surface area contributed by atoms with Gasteiger partial charge in [0, 0.05) is 12.8 Å². The molecular formula is C15H16O3. The highest BCUT2D eigenvalue weighted by Crippen LogP contribution is 2.26. The third-order valence-electron chi connectivity index (χ3n) is 3.27. The molecule has 3 heteroatoms. The maximum Gasteiger partial charge on any atom is 0.120 e. The molecule has 2 aromatic rings. The highest BCUT2D eigenvalue weighted by Gasteiger charge is 2.15. The Balaban J connectivity index is 1.83. The second-order valence-corrected chi connectivity index (χ2v) is 4.62. The van der Waals surface area contributed by atoms with Crippen molar-refractivity contribution in [2.45, 2.75) is 18.9 Å². The van der Waals surface area contributed by atoms with Gasteiger partial charge in [0.2, 0.25) is 0 Å². The highest BCUT2D eigenvalue weighted by molar-refractivity contribution is 5.85. The second kappa shape index (κ2) is 4.86. The summed E-state index contributed by atoms with van der Waals surface area (Å²) in [5.74, 6) is 1.14. The Morgan fingerprint density at radius 2 is 1.78 bits per heavy atom. The highest BCUT2D eigenvalue weighted by atomic mass is 16.5. The first-order chi connectivity index (χ1) is 8.81. The number of fused-ring (bicyclic) bond motifs is 1. The Hall–Kier alpha value is -1.74. The standard InChI is InChI=1S/C15H16O3/c16-13-3-1-11-2-4-15(10-12(11)9-13)18-14-5-7-17-8-6-14/h1-4,9-10,14,16H,5-8H2. The molecule has 0 unspecified atom stereocenters. The van der Waals surface area contributed by atoms with E-state index in [0.717, 1.165) is 42.6 Å². The number of aromatic hydroxyl groups is 1. The van der Waals surface area contributed by atoms with Gasteiger partial charge in [-0.25, -0.2) is 0 Å². The zero-order chi connectivity index (χ0) is 12.4. The largest absolute Gasteiger partial charge is 0.508 e. The lowest BCUT2D eigenvalue weighted by molar-refractivity contribution is 0.0256. The number of phenols is 1. The Morgan fingerprint density at radius 3 is 2.61 bits per heavy atom. The lowest BCUT2D eigenvalue weighted by Gasteiger charge is -2.23. The summed E-state index contributed by atoms with van der Waals surface area (Å²) in [6.45, 7) is 1.55. The molecule has 1 fully saturated rings. The Kier molecular flexibility index (Phi) is 3.07. The number of rotatable bonds is 2. The lowest BCUT2D eigenvalue weighted by atomic mass is 10.1. The minimum absolute atomic E-state index is 0.244. The molecule has 0 radical (unpaired) electrons. The predicted molar refractivity (Wildman–Crippen MR) is 70.1 cm³/mol. The number of phenolic OH excluding ortho intramolecular Hbond substituents is 1. The van der Waals surface area contributed by atoms with Crippen molar-refractivity contribution in [1.29, 1.82) is 0 Å². The van der Waals surface area contributed by atoms with E-state index >= 15 is 0 Å². The average Bonchev–Trinajstić information content (AvgIpc) is 2.39. The smallest absolute Gasteiger partial charge is 0.120 e. The maximum absolute atomic E-state index is 9.49. The Bertz CT molecular complexity index is 544. The number of ether oxygens (including phenoxy) is 2. The molecule has 1 heterocycles. The summed E-state index contributed by atoms with van der Waals surface area (Å²) in [6, 6.07) is 11.3. The molecule has 0 atom stereocenters. The summed E-state index contributed by atoms with van der Waals surface area (Å²) in [4.78, 5) is 0. The van der Waals surface area contributed by atoms with E-state index in [1.54, 1.807) is 12.1 Å². The molecule has 3 rings (SSSR count). The van der Waals surface area contributed by atoms with Crippen LogP contribution in [0, 0.1) is 0 Å². The molecule has 1 aliphatic heterocycles. The van der Waals surface area contributed by atoms with Gasteiger partial charge in [-0.15, -0.1) is 0 Å². The van der Waals surface area contributed by atoms with Gasteiger partial charge in [0.15, 0.2) is 0 Å². The molecule has 3 nitrogen and oxygen atoms in total. The zero-order valence-electron chi connectivity index (χ0n) is 10.1. The van der Waals surface area contributed by atoms with Crippen molar-refractivity contribution in [3.05, 3.63) is 36.4 Å². The summed E-state index contributed by atoms with van der Waals surface area (Å²) in [6.07, 6.45) is 2.13. The normalized spacial score (nSPS) is 16.9. The van der Waals surface area contributed by atoms with Crippen molar-refractivity contribution >= 4 is 10.8 Å². The molecule has 2 aromatic carbocycles. The van der Waals surface area contributed by atoms with Gasteiger partial charge in [-0.05, 0) is 35.0 Å². The predicted octanol–water partition coefficient (Wildman–Crippen LogP) is 3.10. The van der Waals surface area contributed by atoms with Gasteiger partial charge < -0.3 is 14.6 Å². The van der Waals surface area contributed by atoms with Gasteiger partial charge in [-0.3, -0.25) is 0 Å². The van der Waals surface area contributed by atoms with Crippen LogP contribution in [0.15, 0.2) is 36.4 Å². The fraction of sp³-hybridized carbons (Fsp3) is 0.333. The summed E-state index contributed by atoms with van der Waals surface area (Å²) >= 11 is 0. The first-order valence-corrected chi connectivity index (χ1v) is 6.28. The number of hydrogen-bond donors (Lipinski definition) is 1. The van der Waals surface area contributed by atoms with Gasteiger partial charge in [-0.1, -0.05) is 12.1 Å².